The molecular formula is C18H24N4O4S. The highest BCUT2D eigenvalue weighted by molar-refractivity contribution is 7.17. The summed E-state index contributed by atoms with van der Waals surface area (Å²) in [7, 11) is 0. The van der Waals surface area contributed by atoms with Crippen LogP contribution in [0.4, 0.5) is 5.13 Å². The van der Waals surface area contributed by atoms with Crippen molar-refractivity contribution in [2.45, 2.75) is 26.4 Å². The van der Waals surface area contributed by atoms with Crippen LogP contribution in [0.5, 0.6) is 0 Å². The molecular weight excluding hydrogens is 368 g/mol. The molecule has 8 nitrogen and oxygen atoms in total. The standard InChI is InChI=1S/C18H24N4O4S/c1-11-7-14(26-20-11)8-13-9-22(10-15(13)23)17(24)16-12(2)19-18(27-16)21-3-5-25-6-4-21/h7,13,15,23H,3-6,8-10H2,1-2H3/t13-,15+/m1/s1. The summed E-state index contributed by atoms with van der Waals surface area (Å²) in [6, 6.07) is 1.87. The van der Waals surface area contributed by atoms with E-state index in [0.717, 1.165) is 35.4 Å². The van der Waals surface area contributed by atoms with E-state index >= 15 is 0 Å². The van der Waals surface area contributed by atoms with E-state index < -0.39 is 6.10 Å². The van der Waals surface area contributed by atoms with Crippen molar-refractivity contribution in [2.24, 2.45) is 5.92 Å². The van der Waals surface area contributed by atoms with Gasteiger partial charge >= 0.3 is 0 Å². The number of likely N-dealkylation sites (tertiary alicyclic amines) is 1. The molecule has 0 unspecified atom stereocenters. The number of aliphatic hydroxyl groups is 1. The number of hydrogen-bond donors (Lipinski definition) is 1. The summed E-state index contributed by atoms with van der Waals surface area (Å²) >= 11 is 1.43. The van der Waals surface area contributed by atoms with Gasteiger partial charge in [-0.15, -0.1) is 0 Å². The predicted octanol–water partition coefficient (Wildman–Crippen LogP) is 1.26. The van der Waals surface area contributed by atoms with E-state index in [1.165, 1.54) is 11.3 Å². The van der Waals surface area contributed by atoms with Crippen molar-refractivity contribution in [3.05, 3.63) is 28.1 Å². The highest BCUT2D eigenvalue weighted by atomic mass is 32.1. The van der Waals surface area contributed by atoms with Crippen LogP contribution in [0.2, 0.25) is 0 Å². The molecule has 0 aliphatic carbocycles. The van der Waals surface area contributed by atoms with E-state index in [9.17, 15) is 9.90 Å². The van der Waals surface area contributed by atoms with Gasteiger partial charge in [0.1, 0.15) is 10.6 Å². The van der Waals surface area contributed by atoms with E-state index in [1.807, 2.05) is 19.9 Å². The predicted molar refractivity (Wildman–Crippen MR) is 100 cm³/mol. The monoisotopic (exact) mass is 392 g/mol. The second-order valence-electron chi connectivity index (χ2n) is 7.19. The fraction of sp³-hybridized carbons (Fsp3) is 0.611. The second-order valence-corrected chi connectivity index (χ2v) is 8.16. The number of nitrogens with zero attached hydrogens (tertiary/aromatic N) is 4. The molecule has 2 fully saturated rings. The maximum Gasteiger partial charge on any atom is 0.266 e. The van der Waals surface area contributed by atoms with Crippen molar-refractivity contribution in [1.29, 1.82) is 0 Å². The molecule has 0 radical (unpaired) electrons. The molecule has 2 aromatic heterocycles. The molecule has 2 aliphatic rings. The molecule has 27 heavy (non-hydrogen) atoms. The number of ether oxygens (including phenoxy) is 1. The van der Waals surface area contributed by atoms with Gasteiger partial charge in [-0.05, 0) is 13.8 Å². The van der Waals surface area contributed by atoms with Crippen LogP contribution in [0, 0.1) is 19.8 Å². The van der Waals surface area contributed by atoms with Crippen molar-refractivity contribution in [3.63, 3.8) is 0 Å². The van der Waals surface area contributed by atoms with Crippen LogP contribution in [0.3, 0.4) is 0 Å². The lowest BCUT2D eigenvalue weighted by atomic mass is 10.0. The third-order valence-corrected chi connectivity index (χ3v) is 6.30. The Balaban J connectivity index is 1.44. The zero-order valence-corrected chi connectivity index (χ0v) is 16.4. The van der Waals surface area contributed by atoms with Gasteiger partial charge < -0.3 is 24.2 Å². The van der Waals surface area contributed by atoms with E-state index in [0.29, 0.717) is 37.6 Å². The fourth-order valence-corrected chi connectivity index (χ4v) is 4.69. The lowest BCUT2D eigenvalue weighted by Gasteiger charge is -2.26. The zero-order chi connectivity index (χ0) is 19.0. The van der Waals surface area contributed by atoms with Crippen LogP contribution in [-0.4, -0.2) is 71.6 Å². The topological polar surface area (TPSA) is 91.9 Å². The number of carbonyl (C=O) groups excluding carboxylic acids is 1. The smallest absolute Gasteiger partial charge is 0.266 e. The zero-order valence-electron chi connectivity index (χ0n) is 15.6. The van der Waals surface area contributed by atoms with E-state index in [4.69, 9.17) is 9.26 Å². The molecule has 1 amide bonds. The van der Waals surface area contributed by atoms with Crippen LogP contribution in [-0.2, 0) is 11.2 Å². The van der Waals surface area contributed by atoms with Gasteiger partial charge in [0, 0.05) is 44.6 Å². The first-order valence-electron chi connectivity index (χ1n) is 9.21. The summed E-state index contributed by atoms with van der Waals surface area (Å²) in [5, 5.41) is 15.2. The number of thiazole rings is 1. The average Bonchev–Trinajstić information content (AvgIpc) is 3.35. The Kier molecular flexibility index (Phi) is 5.16. The van der Waals surface area contributed by atoms with Crippen LogP contribution in [0.15, 0.2) is 10.6 Å². The van der Waals surface area contributed by atoms with Gasteiger partial charge in [0.15, 0.2) is 5.13 Å². The summed E-state index contributed by atoms with van der Waals surface area (Å²) in [6.07, 6.45) is 0.0123. The second kappa shape index (κ2) is 7.57. The number of hydrogen-bond acceptors (Lipinski definition) is 8. The number of amides is 1. The number of aromatic nitrogens is 2. The minimum Gasteiger partial charge on any atom is -0.391 e. The normalized spacial score (nSPS) is 23.2. The lowest BCUT2D eigenvalue weighted by Crippen LogP contribution is -2.36. The van der Waals surface area contributed by atoms with Gasteiger partial charge in [0.05, 0.1) is 30.7 Å². The number of β-amino-alcohol motifs (C(OH)–C–C–N with tert-alkyl or cyclic N) is 1. The number of rotatable bonds is 4. The first-order chi connectivity index (χ1) is 13.0. The van der Waals surface area contributed by atoms with Gasteiger partial charge in [-0.3, -0.25) is 4.79 Å². The summed E-state index contributed by atoms with van der Waals surface area (Å²) in [6.45, 7) is 7.53. The maximum atomic E-state index is 13.0. The molecule has 2 saturated heterocycles. The SMILES string of the molecule is Cc1cc(C[C@@H]2CN(C(=O)c3sc(N4CCOCC4)nc3C)C[C@@H]2O)on1. The van der Waals surface area contributed by atoms with Crippen molar-refractivity contribution in [3.8, 4) is 0 Å². The summed E-state index contributed by atoms with van der Waals surface area (Å²) in [5.74, 6) is 0.641. The van der Waals surface area contributed by atoms with E-state index in [-0.39, 0.29) is 11.8 Å². The Morgan fingerprint density at radius 1 is 1.33 bits per heavy atom. The highest BCUT2D eigenvalue weighted by Crippen LogP contribution is 2.30. The van der Waals surface area contributed by atoms with Gasteiger partial charge in [0.25, 0.3) is 5.91 Å². The molecule has 2 aromatic rings. The molecule has 0 aromatic carbocycles. The molecule has 9 heteroatoms. The number of aliphatic hydroxyl groups excluding tert-OH is 1. The molecule has 0 saturated carbocycles. The van der Waals surface area contributed by atoms with Crippen LogP contribution >= 0.6 is 11.3 Å². The molecule has 4 rings (SSSR count). The summed E-state index contributed by atoms with van der Waals surface area (Å²) in [4.78, 5) is 22.1. The van der Waals surface area contributed by atoms with E-state index in [1.54, 1.807) is 4.90 Å². The number of carbonyl (C=O) groups is 1. The van der Waals surface area contributed by atoms with Gasteiger partial charge in [-0.25, -0.2) is 4.98 Å². The minimum atomic E-state index is -0.564. The fourth-order valence-electron chi connectivity index (χ4n) is 3.61. The van der Waals surface area contributed by atoms with Gasteiger partial charge in [-0.2, -0.15) is 0 Å². The lowest BCUT2D eigenvalue weighted by molar-refractivity contribution is 0.0768. The van der Waals surface area contributed by atoms with Crippen LogP contribution in [0.1, 0.15) is 26.8 Å². The number of anilines is 1. The number of aryl methyl sites for hydroxylation is 2. The quantitative estimate of drug-likeness (QED) is 0.837. The third-order valence-electron chi connectivity index (χ3n) is 5.09. The largest absolute Gasteiger partial charge is 0.391 e. The maximum absolute atomic E-state index is 13.0. The Hall–Kier alpha value is -1.97. The van der Waals surface area contributed by atoms with Gasteiger partial charge in [0.2, 0.25) is 0 Å². The highest BCUT2D eigenvalue weighted by Gasteiger charge is 2.36. The Morgan fingerprint density at radius 2 is 2.11 bits per heavy atom. The Bertz CT molecular complexity index is 814. The molecule has 0 spiro atoms. The van der Waals surface area contributed by atoms with Gasteiger partial charge in [-0.1, -0.05) is 16.5 Å². The Labute approximate surface area is 161 Å². The first-order valence-corrected chi connectivity index (χ1v) is 10.0. The summed E-state index contributed by atoms with van der Waals surface area (Å²) in [5.41, 5.74) is 1.57. The van der Waals surface area contributed by atoms with Crippen LogP contribution in [0.25, 0.3) is 0 Å². The van der Waals surface area contributed by atoms with Crippen LogP contribution < -0.4 is 4.90 Å². The molecule has 2 atom stereocenters. The molecule has 2 aliphatic heterocycles. The van der Waals surface area contributed by atoms with Crippen molar-refractivity contribution in [1.82, 2.24) is 15.0 Å². The molecule has 146 valence electrons. The minimum absolute atomic E-state index is 0.0479. The first kappa shape index (κ1) is 18.4. The van der Waals surface area contributed by atoms with Crippen molar-refractivity contribution >= 4 is 22.4 Å². The molecule has 4 heterocycles. The van der Waals surface area contributed by atoms with Crippen molar-refractivity contribution in [2.75, 3.05) is 44.3 Å². The summed E-state index contributed by atoms with van der Waals surface area (Å²) < 4.78 is 10.6. The molecule has 0 bridgehead atoms. The third kappa shape index (κ3) is 3.85. The number of morpholine rings is 1. The molecule has 1 N–H and O–H groups in total. The van der Waals surface area contributed by atoms with Crippen molar-refractivity contribution < 1.29 is 19.2 Å². The Morgan fingerprint density at radius 3 is 2.81 bits per heavy atom. The average molecular weight is 392 g/mol. The van der Waals surface area contributed by atoms with E-state index in [2.05, 4.69) is 15.0 Å².